The molecule has 12 heterocycles. The summed E-state index contributed by atoms with van der Waals surface area (Å²) in [4.78, 5) is 118. The highest BCUT2D eigenvalue weighted by Gasteiger charge is 2.42. The lowest BCUT2D eigenvalue weighted by atomic mass is 10.0. The first-order valence-electron chi connectivity index (χ1n) is 43.3. The molecule has 0 spiro atoms. The molecule has 3 saturated heterocycles. The molecule has 3 fully saturated rings. The molecule has 42 heteroatoms. The molecule has 5 atom stereocenters. The van der Waals surface area contributed by atoms with Crippen molar-refractivity contribution in [3.8, 4) is 69.0 Å². The normalized spacial score (nSPS) is 16.1. The quantitative estimate of drug-likeness (QED) is 0.0316. The van der Waals surface area contributed by atoms with E-state index in [1.54, 1.807) is 104 Å². The minimum atomic E-state index is -2.36. The molecule has 726 valence electrons. The van der Waals surface area contributed by atoms with E-state index >= 15 is 22.0 Å². The minimum Gasteiger partial charge on any atom is -0.397 e. The number of nitrogens with zero attached hydrogens (tertiary/aromatic N) is 18. The fourth-order valence-corrected chi connectivity index (χ4v) is 19.5. The minimum absolute atomic E-state index is 0.00372. The Bertz CT molecular complexity index is 7240. The maximum Gasteiger partial charge on any atom is 0.276 e. The maximum absolute atomic E-state index is 15.6. The van der Waals surface area contributed by atoms with Crippen LogP contribution in [0.1, 0.15) is 144 Å². The summed E-state index contributed by atoms with van der Waals surface area (Å²) >= 11 is 31.9. The van der Waals surface area contributed by atoms with Gasteiger partial charge in [0.15, 0.2) is 58.2 Å². The van der Waals surface area contributed by atoms with Crippen LogP contribution in [-0.4, -0.2) is 152 Å². The molecule has 12 aromatic rings. The van der Waals surface area contributed by atoms with Crippen molar-refractivity contribution in [1.82, 2.24) is 58.3 Å². The van der Waals surface area contributed by atoms with Gasteiger partial charge < -0.3 is 40.9 Å². The average Bonchev–Trinajstić information content (AvgIpc) is 0.726. The number of hydrogen-bond donors (Lipinski definition) is 2. The van der Waals surface area contributed by atoms with E-state index in [1.807, 2.05) is 65.5 Å². The number of pyridine rings is 9. The smallest absolute Gasteiger partial charge is 0.276 e. The van der Waals surface area contributed by atoms with Crippen LogP contribution in [0.5, 0.6) is 0 Å². The van der Waals surface area contributed by atoms with E-state index in [-0.39, 0.29) is 176 Å². The van der Waals surface area contributed by atoms with Gasteiger partial charge in [0.1, 0.15) is 67.6 Å². The number of nitrogens with two attached hydrogens (primary N) is 2. The molecule has 0 saturated carbocycles. The van der Waals surface area contributed by atoms with E-state index < -0.39 is 164 Å². The molecule has 140 heavy (non-hydrogen) atoms. The molecular formula is C98H86Cl5F11N20O6. The number of aromatic nitrogens is 9. The van der Waals surface area contributed by atoms with Gasteiger partial charge in [-0.05, 0) is 144 Å². The van der Waals surface area contributed by atoms with Crippen LogP contribution in [0, 0.1) is 119 Å². The molecule has 0 unspecified atom stereocenters. The molecule has 3 aliphatic heterocycles. The van der Waals surface area contributed by atoms with Crippen molar-refractivity contribution in [3.05, 3.63) is 264 Å². The number of benzene rings is 3. The second kappa shape index (κ2) is 40.4. The highest BCUT2D eigenvalue weighted by molar-refractivity contribution is 6.39. The third kappa shape index (κ3) is 17.8. The SMILES string of the molecule is C=CC(=O)N1CCN(c2c(C#N)c(=O)n(-c3c(C)ccnc3C(C)C)c3nc(-c4c(N)c(Cl)c(F)c(Cl)c4F)c(Cl)cc23)C[C@H]1C.C=CC(=O)N1[C@H](C)CN(c2c(C#N)c(=O)n(-c3c(C)ccnc3C(C)C)c3nc(-c4c(F)c(F)c(F)c(F)c4F)c(Cl)cc23)C[C@@H]1C.C=CC(=O)N1[C@H](C)CN(c2c(C#N)c(=O)n(-c3c(C)ccnc3C(C)C)c3nc(-c4c(F)c(N)c(F)c(F)c4F)c(Cl)cc23)C[C@@H]1C. The van der Waals surface area contributed by atoms with Crippen molar-refractivity contribution in [1.29, 1.82) is 15.8 Å². The zero-order valence-corrected chi connectivity index (χ0v) is 81.1. The number of carbonyl (C=O) groups is 3. The lowest BCUT2D eigenvalue weighted by Crippen LogP contribution is -2.58. The number of amides is 3. The third-order valence-electron chi connectivity index (χ3n) is 24.6. The Balaban J connectivity index is 0.000000177. The van der Waals surface area contributed by atoms with Crippen molar-refractivity contribution >= 4 is 137 Å². The van der Waals surface area contributed by atoms with Gasteiger partial charge in [0.25, 0.3) is 16.7 Å². The van der Waals surface area contributed by atoms with Crippen LogP contribution in [0.2, 0.25) is 25.1 Å². The zero-order valence-electron chi connectivity index (χ0n) is 77.3. The van der Waals surface area contributed by atoms with Crippen LogP contribution in [0.25, 0.3) is 83.9 Å². The summed E-state index contributed by atoms with van der Waals surface area (Å²) in [5.74, 6) is -22.6. The predicted molar refractivity (Wildman–Crippen MR) is 516 cm³/mol. The van der Waals surface area contributed by atoms with E-state index in [4.69, 9.17) is 74.5 Å². The van der Waals surface area contributed by atoms with Crippen molar-refractivity contribution in [3.63, 3.8) is 0 Å². The Kier molecular flexibility index (Phi) is 29.8. The number of halogens is 16. The number of aryl methyl sites for hydroxylation is 3. The standard InChI is InChI=1S/C33H28ClF5N6O2.C33H30ClF4N7O2.C32H28Cl3F2N7O2/c1-7-21(46)44-16(5)12-43(13-17(44)6)31-18-10-20(34)29(22-23(35)25(37)27(39)26(38)24(22)36)42-32(18)45(33(47)19(31)11-40)30-15(4)8-9-41-28(30)14(2)3;1-7-21(46)44-16(5)12-43(13-17(44)6)31-18-10-20(34)29(22-23(35)25(37)26(38)27(40)24(22)36)42-32(18)45(33(47)19(31)11-39)30-15(4)8-9-41-28(30)14(2)3;1-6-20(45)43-10-9-42(13-16(43)5)30-17-11-19(33)28(21-24(36)22(34)25(37)23(35)26(21)39)41-31(17)44(32(46)18(30)12-38)29-15(4)7-8-40-27(29)14(2)3/h7-10,14,16-17H,1,12-13H2,2-6H3;7-10,14,16-17H,1,12-13,40H2,2-6H3;6-8,11,14,16H,1,9-10,13,39H2,2-5H3/t2*16-,17+;16-/m..1/s1. The number of piperazine rings is 3. The first kappa shape index (κ1) is 103. The van der Waals surface area contributed by atoms with Crippen LogP contribution in [-0.2, 0) is 14.4 Å². The molecule has 3 amide bonds. The molecule has 3 aromatic carbocycles. The molecule has 0 bridgehead atoms. The molecule has 0 radical (unpaired) electrons. The largest absolute Gasteiger partial charge is 0.397 e. The van der Waals surface area contributed by atoms with Gasteiger partial charge in [0, 0.05) is 111 Å². The lowest BCUT2D eigenvalue weighted by Gasteiger charge is -2.45. The molecule has 0 aliphatic carbocycles. The molecule has 9 aromatic heterocycles. The summed E-state index contributed by atoms with van der Waals surface area (Å²) in [6, 6.07) is 13.0. The topological polar surface area (TPSA) is 337 Å². The summed E-state index contributed by atoms with van der Waals surface area (Å²) < 4.78 is 166. The van der Waals surface area contributed by atoms with Crippen LogP contribution in [0.4, 0.5) is 76.7 Å². The van der Waals surface area contributed by atoms with E-state index in [9.17, 15) is 70.9 Å². The molecular weight excluding hydrogens is 1940 g/mol. The summed E-state index contributed by atoms with van der Waals surface area (Å²) in [5.41, 5.74) is 5.92. The van der Waals surface area contributed by atoms with Gasteiger partial charge in [-0.3, -0.25) is 57.4 Å². The highest BCUT2D eigenvalue weighted by atomic mass is 35.5. The number of nitrogen functional groups attached to an aromatic ring is 2. The third-order valence-corrected chi connectivity index (χ3v) is 26.2. The number of anilines is 5. The van der Waals surface area contributed by atoms with E-state index in [1.165, 1.54) is 47.2 Å². The average molecular weight is 2030 g/mol. The van der Waals surface area contributed by atoms with Crippen LogP contribution in [0.3, 0.4) is 0 Å². The summed E-state index contributed by atoms with van der Waals surface area (Å²) in [7, 11) is 0. The van der Waals surface area contributed by atoms with Gasteiger partial charge in [-0.25, -0.2) is 63.2 Å². The molecule has 26 nitrogen and oxygen atoms in total. The number of carbonyl (C=O) groups excluding carboxylic acids is 3. The second-order valence-electron chi connectivity index (χ2n) is 34.7. The van der Waals surface area contributed by atoms with E-state index in [2.05, 4.69) is 50.7 Å². The monoisotopic (exact) mass is 2020 g/mol. The van der Waals surface area contributed by atoms with Crippen molar-refractivity contribution < 1.29 is 62.7 Å². The van der Waals surface area contributed by atoms with Crippen LogP contribution in [0.15, 0.2) is 107 Å². The number of nitriles is 3. The Labute approximate surface area is 818 Å². The fourth-order valence-electron chi connectivity index (χ4n) is 18.3. The Morgan fingerprint density at radius 1 is 0.400 bits per heavy atom. The second-order valence-corrected chi connectivity index (χ2v) is 36.7. The summed E-state index contributed by atoms with van der Waals surface area (Å²) in [5, 5.41) is 29.3. The van der Waals surface area contributed by atoms with E-state index in [0.717, 1.165) is 9.13 Å². The Morgan fingerprint density at radius 3 is 1.01 bits per heavy atom. The van der Waals surface area contributed by atoms with Gasteiger partial charge in [-0.15, -0.1) is 0 Å². The van der Waals surface area contributed by atoms with Gasteiger partial charge in [-0.2, -0.15) is 15.8 Å². The lowest BCUT2D eigenvalue weighted by molar-refractivity contribution is -0.131. The highest BCUT2D eigenvalue weighted by Crippen LogP contribution is 2.48. The summed E-state index contributed by atoms with van der Waals surface area (Å²) in [6.07, 6.45) is 8.32. The number of rotatable bonds is 15. The van der Waals surface area contributed by atoms with Crippen molar-refractivity contribution in [2.45, 2.75) is 145 Å². The molecule has 3 aliphatic rings. The van der Waals surface area contributed by atoms with Gasteiger partial charge in [0.05, 0.1) is 106 Å². The van der Waals surface area contributed by atoms with E-state index in [0.29, 0.717) is 39.5 Å². The van der Waals surface area contributed by atoms with Crippen molar-refractivity contribution in [2.24, 2.45) is 0 Å². The Hall–Kier alpha value is -14.0. The number of hydrogen-bond acceptors (Lipinski definition) is 20. The molecule has 4 N–H and O–H groups in total. The predicted octanol–water partition coefficient (Wildman–Crippen LogP) is 19.7. The fraction of sp³-hybridized carbons (Fsp3) is 0.296. The van der Waals surface area contributed by atoms with Gasteiger partial charge in [0.2, 0.25) is 23.5 Å². The Morgan fingerprint density at radius 2 is 0.700 bits per heavy atom. The maximum atomic E-state index is 15.6. The van der Waals surface area contributed by atoms with Crippen LogP contribution >= 0.6 is 58.0 Å². The molecule has 15 rings (SSSR count). The summed E-state index contributed by atoms with van der Waals surface area (Å²) in [6.45, 7) is 37.5. The first-order chi connectivity index (χ1) is 66.0. The van der Waals surface area contributed by atoms with Crippen molar-refractivity contribution in [2.75, 3.05) is 72.0 Å². The van der Waals surface area contributed by atoms with Gasteiger partial charge in [-0.1, -0.05) is 119 Å². The zero-order chi connectivity index (χ0) is 103. The van der Waals surface area contributed by atoms with Crippen LogP contribution < -0.4 is 42.8 Å². The van der Waals surface area contributed by atoms with Gasteiger partial charge >= 0.3 is 0 Å². The first-order valence-corrected chi connectivity index (χ1v) is 45.2. The number of fused-ring (bicyclic) bond motifs is 3.